The minimum atomic E-state index is -0.178. The molecule has 0 aliphatic rings. The molecule has 3 aromatic carbocycles. The maximum Gasteiger partial charge on any atom is 0.244 e. The molecule has 1 N–H and O–H groups in total. The molecule has 0 saturated heterocycles. The Hall–Kier alpha value is -4.59. The highest BCUT2D eigenvalue weighted by atomic mass is 16.5. The molecule has 4 rings (SSSR count). The number of para-hydroxylation sites is 1. The van der Waals surface area contributed by atoms with Gasteiger partial charge in [-0.05, 0) is 54.0 Å². The second-order valence-corrected chi connectivity index (χ2v) is 8.11. The van der Waals surface area contributed by atoms with Crippen molar-refractivity contribution >= 4 is 12.0 Å². The van der Waals surface area contributed by atoms with E-state index in [1.54, 1.807) is 17.1 Å². The molecule has 0 spiro atoms. The highest BCUT2D eigenvalue weighted by Gasteiger charge is 2.07. The van der Waals surface area contributed by atoms with Gasteiger partial charge in [-0.25, -0.2) is 9.67 Å². The molecular weight excluding hydrogens is 468 g/mol. The molecule has 1 heterocycles. The van der Waals surface area contributed by atoms with Crippen LogP contribution in [0.5, 0.6) is 17.2 Å². The van der Waals surface area contributed by atoms with Crippen LogP contribution in [0.4, 0.5) is 0 Å². The summed E-state index contributed by atoms with van der Waals surface area (Å²) in [6.45, 7) is 4.32. The van der Waals surface area contributed by atoms with Crippen LogP contribution in [0.1, 0.15) is 23.6 Å². The molecule has 0 aliphatic heterocycles. The summed E-state index contributed by atoms with van der Waals surface area (Å²) in [5.41, 5.74) is 2.96. The fourth-order valence-corrected chi connectivity index (χ4v) is 3.53. The van der Waals surface area contributed by atoms with Crippen LogP contribution < -0.4 is 19.5 Å². The summed E-state index contributed by atoms with van der Waals surface area (Å²) in [6, 6.07) is 23.2. The van der Waals surface area contributed by atoms with Crippen molar-refractivity contribution in [3.63, 3.8) is 0 Å². The van der Waals surface area contributed by atoms with Crippen molar-refractivity contribution in [3.05, 3.63) is 108 Å². The van der Waals surface area contributed by atoms with Crippen LogP contribution in [-0.2, 0) is 17.9 Å². The van der Waals surface area contributed by atoms with Crippen LogP contribution in [0.3, 0.4) is 0 Å². The maximum absolute atomic E-state index is 12.4. The Morgan fingerprint density at radius 2 is 1.70 bits per heavy atom. The van der Waals surface area contributed by atoms with Gasteiger partial charge in [0.05, 0.1) is 13.2 Å². The topological polar surface area (TPSA) is 87.5 Å². The van der Waals surface area contributed by atoms with Gasteiger partial charge in [0.25, 0.3) is 0 Å². The summed E-state index contributed by atoms with van der Waals surface area (Å²) in [5, 5.41) is 7.02. The highest BCUT2D eigenvalue weighted by Crippen LogP contribution is 2.29. The second kappa shape index (κ2) is 13.5. The lowest BCUT2D eigenvalue weighted by Crippen LogP contribution is -2.20. The SMILES string of the molecule is CCOc1cc(C=CC(=O)NCc2ccc(Cn3cncn3)cc2)ccc1OCCOc1ccccc1. The summed E-state index contributed by atoms with van der Waals surface area (Å²) in [7, 11) is 0. The van der Waals surface area contributed by atoms with Crippen molar-refractivity contribution in [1.82, 2.24) is 20.1 Å². The molecule has 0 atom stereocenters. The molecule has 1 aromatic heterocycles. The van der Waals surface area contributed by atoms with Gasteiger partial charge in [-0.1, -0.05) is 48.5 Å². The lowest BCUT2D eigenvalue weighted by molar-refractivity contribution is -0.116. The standard InChI is InChI=1S/C29H30N4O4/c1-2-35-28-18-23(12-14-27(28)37-17-16-36-26-6-4-3-5-7-26)13-15-29(34)31-19-24-8-10-25(11-9-24)20-33-22-30-21-32-33/h3-15,18,21-22H,2,16-17,19-20H2,1H3,(H,31,34). The number of aromatic nitrogens is 3. The van der Waals surface area contributed by atoms with Crippen molar-refractivity contribution in [2.24, 2.45) is 0 Å². The monoisotopic (exact) mass is 498 g/mol. The molecule has 0 fully saturated rings. The minimum absolute atomic E-state index is 0.178. The third-order valence-corrected chi connectivity index (χ3v) is 5.35. The Labute approximate surface area is 216 Å². The minimum Gasteiger partial charge on any atom is -0.490 e. The smallest absolute Gasteiger partial charge is 0.244 e. The predicted octanol–water partition coefficient (Wildman–Crippen LogP) is 4.51. The number of carbonyl (C=O) groups is 1. The van der Waals surface area contributed by atoms with E-state index in [0.29, 0.717) is 44.4 Å². The van der Waals surface area contributed by atoms with Gasteiger partial charge in [0, 0.05) is 12.6 Å². The molecule has 8 nitrogen and oxygen atoms in total. The number of amides is 1. The van der Waals surface area contributed by atoms with E-state index in [4.69, 9.17) is 14.2 Å². The lowest BCUT2D eigenvalue weighted by Gasteiger charge is -2.13. The summed E-state index contributed by atoms with van der Waals surface area (Å²) in [5.74, 6) is 1.88. The maximum atomic E-state index is 12.4. The van der Waals surface area contributed by atoms with E-state index in [-0.39, 0.29) is 5.91 Å². The molecular formula is C29H30N4O4. The van der Waals surface area contributed by atoms with Crippen molar-refractivity contribution in [1.29, 1.82) is 0 Å². The first kappa shape index (κ1) is 25.5. The van der Waals surface area contributed by atoms with Crippen molar-refractivity contribution in [2.75, 3.05) is 19.8 Å². The Morgan fingerprint density at radius 1 is 0.919 bits per heavy atom. The fourth-order valence-electron chi connectivity index (χ4n) is 3.53. The zero-order valence-electron chi connectivity index (χ0n) is 20.7. The van der Waals surface area contributed by atoms with Crippen LogP contribution in [-0.4, -0.2) is 40.5 Å². The van der Waals surface area contributed by atoms with E-state index < -0.39 is 0 Å². The zero-order chi connectivity index (χ0) is 25.7. The highest BCUT2D eigenvalue weighted by molar-refractivity contribution is 5.91. The number of rotatable bonds is 13. The molecule has 0 saturated carbocycles. The molecule has 0 unspecified atom stereocenters. The number of ether oxygens (including phenoxy) is 3. The first-order valence-corrected chi connectivity index (χ1v) is 12.1. The van der Waals surface area contributed by atoms with Gasteiger partial charge >= 0.3 is 0 Å². The van der Waals surface area contributed by atoms with Crippen LogP contribution >= 0.6 is 0 Å². The van der Waals surface area contributed by atoms with E-state index >= 15 is 0 Å². The van der Waals surface area contributed by atoms with Crippen molar-refractivity contribution in [2.45, 2.75) is 20.0 Å². The van der Waals surface area contributed by atoms with Gasteiger partial charge in [0.2, 0.25) is 5.91 Å². The number of hydrogen-bond acceptors (Lipinski definition) is 6. The molecule has 0 aliphatic carbocycles. The number of benzene rings is 3. The Bertz CT molecular complexity index is 1270. The van der Waals surface area contributed by atoms with E-state index in [2.05, 4.69) is 15.4 Å². The van der Waals surface area contributed by atoms with Crippen molar-refractivity contribution in [3.8, 4) is 17.2 Å². The number of nitrogens with one attached hydrogen (secondary N) is 1. The quantitative estimate of drug-likeness (QED) is 0.216. The predicted molar refractivity (Wildman–Crippen MR) is 141 cm³/mol. The molecule has 190 valence electrons. The van der Waals surface area contributed by atoms with E-state index in [9.17, 15) is 4.79 Å². The fraction of sp³-hybridized carbons (Fsp3) is 0.207. The third kappa shape index (κ3) is 8.24. The van der Waals surface area contributed by atoms with Crippen LogP contribution in [0.25, 0.3) is 6.08 Å². The summed E-state index contributed by atoms with van der Waals surface area (Å²) in [6.07, 6.45) is 6.46. The van der Waals surface area contributed by atoms with Gasteiger partial charge in [0.15, 0.2) is 11.5 Å². The number of carbonyl (C=O) groups excluding carboxylic acids is 1. The Kier molecular flexibility index (Phi) is 9.29. The zero-order valence-corrected chi connectivity index (χ0v) is 20.7. The Balaban J connectivity index is 1.25. The third-order valence-electron chi connectivity index (χ3n) is 5.35. The Morgan fingerprint density at radius 3 is 2.46 bits per heavy atom. The summed E-state index contributed by atoms with van der Waals surface area (Å²) >= 11 is 0. The van der Waals surface area contributed by atoms with Gasteiger partial charge in [-0.15, -0.1) is 0 Å². The molecule has 37 heavy (non-hydrogen) atoms. The van der Waals surface area contributed by atoms with E-state index in [1.165, 1.54) is 12.4 Å². The summed E-state index contributed by atoms with van der Waals surface area (Å²) in [4.78, 5) is 16.3. The first-order chi connectivity index (χ1) is 18.2. The van der Waals surface area contributed by atoms with Crippen molar-refractivity contribution < 1.29 is 19.0 Å². The first-order valence-electron chi connectivity index (χ1n) is 12.1. The molecule has 0 radical (unpaired) electrons. The summed E-state index contributed by atoms with van der Waals surface area (Å²) < 4.78 is 19.0. The second-order valence-electron chi connectivity index (χ2n) is 8.11. The largest absolute Gasteiger partial charge is 0.490 e. The number of nitrogens with zero attached hydrogens (tertiary/aromatic N) is 3. The average Bonchev–Trinajstić information content (AvgIpc) is 3.44. The van der Waals surface area contributed by atoms with E-state index in [1.807, 2.05) is 79.7 Å². The molecule has 1 amide bonds. The van der Waals surface area contributed by atoms with Gasteiger partial charge in [-0.2, -0.15) is 5.10 Å². The molecule has 8 heteroatoms. The van der Waals surface area contributed by atoms with Crippen LogP contribution in [0, 0.1) is 0 Å². The van der Waals surface area contributed by atoms with Gasteiger partial charge < -0.3 is 19.5 Å². The average molecular weight is 499 g/mol. The van der Waals surface area contributed by atoms with Gasteiger partial charge in [-0.3, -0.25) is 4.79 Å². The van der Waals surface area contributed by atoms with Crippen LogP contribution in [0.15, 0.2) is 91.5 Å². The lowest BCUT2D eigenvalue weighted by atomic mass is 10.1. The van der Waals surface area contributed by atoms with E-state index in [0.717, 1.165) is 22.4 Å². The van der Waals surface area contributed by atoms with Gasteiger partial charge in [0.1, 0.15) is 31.6 Å². The molecule has 4 aromatic rings. The van der Waals surface area contributed by atoms with Crippen LogP contribution in [0.2, 0.25) is 0 Å². The molecule has 0 bridgehead atoms. The normalized spacial score (nSPS) is 10.8. The number of hydrogen-bond donors (Lipinski definition) is 1.